The van der Waals surface area contributed by atoms with Gasteiger partial charge in [-0.25, -0.2) is 0 Å². The van der Waals surface area contributed by atoms with E-state index in [4.69, 9.17) is 14.2 Å². The lowest BCUT2D eigenvalue weighted by atomic mass is 9.72. The summed E-state index contributed by atoms with van der Waals surface area (Å²) in [4.78, 5) is 123. The zero-order chi connectivity index (χ0) is 57.0. The summed E-state index contributed by atoms with van der Waals surface area (Å²) in [5.41, 5.74) is -4.47. The van der Waals surface area contributed by atoms with E-state index in [0.717, 1.165) is 0 Å². The Hall–Kier alpha value is -6.53. The second kappa shape index (κ2) is 24.9. The molecule has 23 nitrogen and oxygen atoms in total. The number of nitrogens with one attached hydrogen (secondary N) is 5. The number of carbonyl (C=O) groups is 9. The molecule has 2 aromatic rings. The van der Waals surface area contributed by atoms with Gasteiger partial charge in [-0.2, -0.15) is 0 Å². The number of hydrogen-bond donors (Lipinski definition) is 10. The molecule has 2 saturated heterocycles. The van der Waals surface area contributed by atoms with Gasteiger partial charge < -0.3 is 71.2 Å². The minimum Gasteiger partial charge on any atom is -0.507 e. The van der Waals surface area contributed by atoms with Crippen LogP contribution >= 0.6 is 0 Å². The Morgan fingerprint density at radius 3 is 2.04 bits per heavy atom. The number of nitrogens with zero attached hydrogens (tertiary/aromatic N) is 1. The van der Waals surface area contributed by atoms with E-state index in [1.807, 2.05) is 41.5 Å². The van der Waals surface area contributed by atoms with Crippen LogP contribution in [0.1, 0.15) is 149 Å². The maximum atomic E-state index is 14.3. The van der Waals surface area contributed by atoms with Crippen LogP contribution in [0.5, 0.6) is 17.2 Å². The Labute approximate surface area is 446 Å². The normalized spacial score (nSPS) is 24.0. The number of methoxy groups -OCH3 is 1. The van der Waals surface area contributed by atoms with Crippen molar-refractivity contribution in [1.29, 1.82) is 0 Å². The van der Waals surface area contributed by atoms with Crippen LogP contribution in [-0.4, -0.2) is 164 Å². The number of Topliss-reactive ketones (excluding diaryl/α,β-unsaturated/α-hetero) is 1. The third-order valence-electron chi connectivity index (χ3n) is 14.5. The van der Waals surface area contributed by atoms with Crippen LogP contribution in [0.15, 0.2) is 18.2 Å². The Morgan fingerprint density at radius 1 is 0.831 bits per heavy atom. The van der Waals surface area contributed by atoms with Gasteiger partial charge in [0.05, 0.1) is 48.6 Å². The number of fused-ring (bicyclic) bond motifs is 3. The molecule has 2 heterocycles. The molecule has 0 saturated carbocycles. The zero-order valence-corrected chi connectivity index (χ0v) is 45.0. The number of carbonyl (C=O) groups excluding carboxylic acids is 9. The van der Waals surface area contributed by atoms with E-state index < -0.39 is 156 Å². The summed E-state index contributed by atoms with van der Waals surface area (Å²) in [6.07, 6.45) is -5.54. The second-order valence-electron chi connectivity index (χ2n) is 21.8. The van der Waals surface area contributed by atoms with E-state index >= 15 is 0 Å². The number of aliphatic hydroxyl groups excluding tert-OH is 2. The first-order chi connectivity index (χ1) is 36.2. The molecule has 2 fully saturated rings. The Balaban J connectivity index is 1.17. The number of likely N-dealkylation sites (tertiary alicyclic amines) is 1. The van der Waals surface area contributed by atoms with Crippen LogP contribution in [0, 0.1) is 17.8 Å². The molecule has 0 radical (unpaired) electrons. The Morgan fingerprint density at radius 2 is 1.44 bits per heavy atom. The smallest absolute Gasteiger partial charge is 0.243 e. The number of ether oxygens (including phenoxy) is 3. The van der Waals surface area contributed by atoms with Crippen molar-refractivity contribution >= 4 is 52.8 Å². The van der Waals surface area contributed by atoms with Crippen LogP contribution in [-0.2, 0) is 49.5 Å². The number of hydrogen-bond acceptors (Lipinski definition) is 17. The lowest BCUT2D eigenvalue weighted by Crippen LogP contribution is -2.60. The number of amides is 6. The van der Waals surface area contributed by atoms with Gasteiger partial charge in [-0.05, 0) is 62.8 Å². The van der Waals surface area contributed by atoms with Crippen molar-refractivity contribution in [3.05, 3.63) is 51.6 Å². The summed E-state index contributed by atoms with van der Waals surface area (Å²) in [5.74, 6) is -8.27. The lowest BCUT2D eigenvalue weighted by molar-refractivity contribution is -0.249. The molecule has 6 amide bonds. The standard InChI is InChI=1S/C54H74N6O17/c1-24(2)16-32(59-53(73)35-13-11-15-60(35)28(8)62)50(70)55-22-39(64)56-33(17-25(3)4)51(71)58-34(18-26(5)6)52(72)57-31-19-40(76-27(7)45(31)65)77-37-21-54(74,38(63)23-61)20-30-42(37)49(69)44-43(47(30)67)46(66)29-12-10-14-36(75-9)41(29)48(44)68/h10,12,14,24-27,31-35,37,40,45,61,65,67,69,74H,11,13,15-23H2,1-9H3,(H,55,70)(H,56,64)(H,57,72)(H,58,71)(H,59,73)/t27-,31-,32-,33-,34-,35-,37-,40-,45+,54-/m0/s1. The minimum atomic E-state index is -2.43. The molecule has 0 aromatic heterocycles. The topological polar surface area (TPSA) is 346 Å². The summed E-state index contributed by atoms with van der Waals surface area (Å²) in [7, 11) is 1.28. The predicted octanol–water partition coefficient (Wildman–Crippen LogP) is 0.879. The van der Waals surface area contributed by atoms with Gasteiger partial charge >= 0.3 is 0 Å². The molecule has 23 heteroatoms. The van der Waals surface area contributed by atoms with Crippen molar-refractivity contribution in [2.24, 2.45) is 17.8 Å². The molecular formula is C54H74N6O17. The van der Waals surface area contributed by atoms with Crippen LogP contribution < -0.4 is 31.3 Å². The average Bonchev–Trinajstić information content (AvgIpc) is 3.95. The first-order valence-corrected chi connectivity index (χ1v) is 26.2. The van der Waals surface area contributed by atoms with E-state index in [-0.39, 0.29) is 77.3 Å². The molecule has 10 atom stereocenters. The summed E-state index contributed by atoms with van der Waals surface area (Å²) >= 11 is 0. The van der Waals surface area contributed by atoms with E-state index in [9.17, 15) is 68.7 Å². The van der Waals surface area contributed by atoms with Crippen molar-refractivity contribution in [2.45, 2.75) is 167 Å². The molecule has 4 aliphatic rings. The maximum Gasteiger partial charge on any atom is 0.243 e. The summed E-state index contributed by atoms with van der Waals surface area (Å²) < 4.78 is 17.7. The number of rotatable bonds is 21. The lowest BCUT2D eigenvalue weighted by Gasteiger charge is -2.43. The van der Waals surface area contributed by atoms with E-state index in [0.29, 0.717) is 19.4 Å². The van der Waals surface area contributed by atoms with Crippen molar-refractivity contribution in [2.75, 3.05) is 26.8 Å². The van der Waals surface area contributed by atoms with Crippen molar-refractivity contribution in [3.8, 4) is 17.2 Å². The number of aliphatic hydroxyl groups is 3. The van der Waals surface area contributed by atoms with Crippen molar-refractivity contribution in [1.82, 2.24) is 31.5 Å². The van der Waals surface area contributed by atoms with Gasteiger partial charge in [0.2, 0.25) is 41.2 Å². The number of ketones is 3. The fourth-order valence-electron chi connectivity index (χ4n) is 10.7. The highest BCUT2D eigenvalue weighted by atomic mass is 16.7. The van der Waals surface area contributed by atoms with Crippen LogP contribution in [0.4, 0.5) is 0 Å². The molecule has 2 aliphatic heterocycles. The maximum absolute atomic E-state index is 14.3. The van der Waals surface area contributed by atoms with Crippen molar-refractivity contribution < 1.29 is 82.9 Å². The summed E-state index contributed by atoms with van der Waals surface area (Å²) in [6.45, 7) is 12.6. The van der Waals surface area contributed by atoms with Gasteiger partial charge in [-0.3, -0.25) is 43.2 Å². The second-order valence-corrected chi connectivity index (χ2v) is 21.8. The number of benzene rings is 2. The first-order valence-electron chi connectivity index (χ1n) is 26.2. The molecule has 0 bridgehead atoms. The van der Waals surface area contributed by atoms with Gasteiger partial charge in [0.1, 0.15) is 59.7 Å². The van der Waals surface area contributed by atoms with E-state index in [1.165, 1.54) is 44.1 Å². The highest BCUT2D eigenvalue weighted by Gasteiger charge is 2.51. The number of aromatic hydroxyl groups is 2. The number of phenolic OH excluding ortho intramolecular Hbond substituents is 2. The molecule has 0 spiro atoms. The van der Waals surface area contributed by atoms with Crippen molar-refractivity contribution in [3.63, 3.8) is 0 Å². The molecular weight excluding hydrogens is 1000 g/mol. The summed E-state index contributed by atoms with van der Waals surface area (Å²) in [5, 5.41) is 70.3. The van der Waals surface area contributed by atoms with E-state index in [2.05, 4.69) is 26.6 Å². The van der Waals surface area contributed by atoms with Gasteiger partial charge in [0.25, 0.3) is 0 Å². The van der Waals surface area contributed by atoms with Gasteiger partial charge in [-0.1, -0.05) is 53.7 Å². The molecule has 2 aliphatic carbocycles. The van der Waals surface area contributed by atoms with Crippen LogP contribution in [0.3, 0.4) is 0 Å². The molecule has 77 heavy (non-hydrogen) atoms. The third-order valence-corrected chi connectivity index (χ3v) is 14.5. The zero-order valence-electron chi connectivity index (χ0n) is 45.0. The highest BCUT2D eigenvalue weighted by molar-refractivity contribution is 6.31. The summed E-state index contributed by atoms with van der Waals surface area (Å²) in [6, 6.07) is -1.05. The molecule has 6 rings (SSSR count). The Bertz CT molecular complexity index is 2640. The van der Waals surface area contributed by atoms with Gasteiger partial charge in [0, 0.05) is 49.4 Å². The fraction of sp³-hybridized carbons (Fsp3) is 0.611. The molecule has 2 aromatic carbocycles. The van der Waals surface area contributed by atoms with Crippen LogP contribution in [0.25, 0.3) is 0 Å². The Kier molecular flexibility index (Phi) is 19.3. The molecule has 10 N–H and O–H groups in total. The molecule has 422 valence electrons. The van der Waals surface area contributed by atoms with Crippen LogP contribution in [0.2, 0.25) is 0 Å². The first kappa shape index (κ1) is 59.7. The van der Waals surface area contributed by atoms with Gasteiger partial charge in [-0.15, -0.1) is 0 Å². The highest BCUT2D eigenvalue weighted by Crippen LogP contribution is 2.52. The minimum absolute atomic E-state index is 0.0191. The fourth-order valence-corrected chi connectivity index (χ4v) is 10.7. The predicted molar refractivity (Wildman–Crippen MR) is 273 cm³/mol. The molecule has 0 unspecified atom stereocenters. The average molecular weight is 1080 g/mol. The largest absolute Gasteiger partial charge is 0.507 e. The quantitative estimate of drug-likeness (QED) is 0.0662. The number of phenols is 2. The SMILES string of the molecule is COc1cccc2c1C(=O)c1c(O)c3c(c(O)c1C2=O)C[C@@](O)(C(=O)CO)C[C@@H]3O[C@H]1C[C@H](NC(=O)[C@H](CC(C)C)NC(=O)[C@H](CC(C)C)NC(=O)CNC(=O)[C@H](CC(C)C)NC(=O)[C@@H]2CCCN2C(C)=O)[C@H](O)[C@H](C)O1. The van der Waals surface area contributed by atoms with E-state index in [1.54, 1.807) is 0 Å². The van der Waals surface area contributed by atoms with Gasteiger partial charge in [0.15, 0.2) is 17.9 Å². The monoisotopic (exact) mass is 1080 g/mol. The third kappa shape index (κ3) is 13.3.